The van der Waals surface area contributed by atoms with E-state index in [9.17, 15) is 0 Å². The Labute approximate surface area is 82.9 Å². The number of halogens is 1. The van der Waals surface area contributed by atoms with Crippen molar-refractivity contribution in [2.45, 2.75) is 5.92 Å². The van der Waals surface area contributed by atoms with E-state index in [4.69, 9.17) is 16.3 Å². The monoisotopic (exact) mass is 197 g/mol. The number of hydrogen-bond donors (Lipinski definition) is 1. The summed E-state index contributed by atoms with van der Waals surface area (Å²) in [6.07, 6.45) is 0. The van der Waals surface area contributed by atoms with E-state index in [1.165, 1.54) is 5.56 Å². The third-order valence-electron chi connectivity index (χ3n) is 2.32. The van der Waals surface area contributed by atoms with Crippen LogP contribution in [0.5, 0.6) is 0 Å². The van der Waals surface area contributed by atoms with E-state index in [2.05, 4.69) is 11.4 Å². The summed E-state index contributed by atoms with van der Waals surface area (Å²) in [5.41, 5.74) is 2.33. The predicted octanol–water partition coefficient (Wildman–Crippen LogP) is 2.50. The molecule has 1 aromatic carbocycles. The van der Waals surface area contributed by atoms with E-state index in [0.717, 1.165) is 23.9 Å². The van der Waals surface area contributed by atoms with Gasteiger partial charge in [0.05, 0.1) is 13.2 Å². The van der Waals surface area contributed by atoms with Gasteiger partial charge in [-0.25, -0.2) is 0 Å². The Balaban J connectivity index is 2.28. The van der Waals surface area contributed by atoms with E-state index in [0.29, 0.717) is 5.92 Å². The van der Waals surface area contributed by atoms with Crippen molar-refractivity contribution in [2.24, 2.45) is 0 Å². The molecule has 2 rings (SSSR count). The normalized spacial score (nSPS) is 16.8. The lowest BCUT2D eigenvalue weighted by Crippen LogP contribution is -2.25. The second-order valence-electron chi connectivity index (χ2n) is 3.26. The zero-order valence-corrected chi connectivity index (χ0v) is 8.27. The van der Waals surface area contributed by atoms with Crippen LogP contribution in [-0.4, -0.2) is 20.3 Å². The van der Waals surface area contributed by atoms with Crippen LogP contribution in [-0.2, 0) is 4.74 Å². The van der Waals surface area contributed by atoms with Crippen molar-refractivity contribution in [1.82, 2.24) is 0 Å². The first kappa shape index (κ1) is 8.85. The summed E-state index contributed by atoms with van der Waals surface area (Å²) in [5, 5.41) is 3.87. The Bertz CT molecular complexity index is 310. The summed E-state index contributed by atoms with van der Waals surface area (Å²) >= 11 is 5.97. The van der Waals surface area contributed by atoms with Crippen LogP contribution in [0.3, 0.4) is 0 Å². The standard InChI is InChI=1S/C10H12ClNO/c1-12-10-3-7(2-9(11)4-10)8-5-13-6-8/h2-4,8,12H,5-6H2,1H3. The minimum atomic E-state index is 0.533. The molecule has 1 aliphatic rings. The third kappa shape index (κ3) is 1.79. The van der Waals surface area contributed by atoms with Crippen molar-refractivity contribution < 1.29 is 4.74 Å². The number of rotatable bonds is 2. The van der Waals surface area contributed by atoms with Gasteiger partial charge in [-0.05, 0) is 23.8 Å². The molecule has 1 aromatic rings. The second-order valence-corrected chi connectivity index (χ2v) is 3.69. The first-order chi connectivity index (χ1) is 6.29. The molecule has 0 aliphatic carbocycles. The van der Waals surface area contributed by atoms with Gasteiger partial charge in [-0.1, -0.05) is 11.6 Å². The summed E-state index contributed by atoms with van der Waals surface area (Å²) in [4.78, 5) is 0. The zero-order chi connectivity index (χ0) is 9.26. The fourth-order valence-electron chi connectivity index (χ4n) is 1.42. The van der Waals surface area contributed by atoms with Crippen LogP contribution in [0, 0.1) is 0 Å². The fourth-order valence-corrected chi connectivity index (χ4v) is 1.66. The van der Waals surface area contributed by atoms with Crippen LogP contribution in [0.25, 0.3) is 0 Å². The van der Waals surface area contributed by atoms with Crippen molar-refractivity contribution in [1.29, 1.82) is 0 Å². The first-order valence-electron chi connectivity index (χ1n) is 4.35. The Morgan fingerprint density at radius 1 is 1.38 bits per heavy atom. The smallest absolute Gasteiger partial charge is 0.0557 e. The zero-order valence-electron chi connectivity index (χ0n) is 7.51. The summed E-state index contributed by atoms with van der Waals surface area (Å²) in [6.45, 7) is 1.65. The molecule has 0 spiro atoms. The van der Waals surface area contributed by atoms with Crippen LogP contribution in [0.4, 0.5) is 5.69 Å². The molecule has 0 radical (unpaired) electrons. The highest BCUT2D eigenvalue weighted by Crippen LogP contribution is 2.28. The van der Waals surface area contributed by atoms with E-state index < -0.39 is 0 Å². The molecule has 0 unspecified atom stereocenters. The SMILES string of the molecule is CNc1cc(Cl)cc(C2COC2)c1. The molecule has 0 atom stereocenters. The van der Waals surface area contributed by atoms with Gasteiger partial charge in [0.2, 0.25) is 0 Å². The minimum Gasteiger partial charge on any atom is -0.388 e. The summed E-state index contributed by atoms with van der Waals surface area (Å²) < 4.78 is 5.14. The Hall–Kier alpha value is -0.730. The molecule has 0 bridgehead atoms. The van der Waals surface area contributed by atoms with Crippen molar-refractivity contribution >= 4 is 17.3 Å². The van der Waals surface area contributed by atoms with Gasteiger partial charge >= 0.3 is 0 Å². The van der Waals surface area contributed by atoms with Gasteiger partial charge in [-0.3, -0.25) is 0 Å². The maximum Gasteiger partial charge on any atom is 0.0557 e. The Morgan fingerprint density at radius 2 is 2.15 bits per heavy atom. The van der Waals surface area contributed by atoms with Crippen LogP contribution >= 0.6 is 11.6 Å². The Kier molecular flexibility index (Phi) is 2.42. The molecule has 0 saturated carbocycles. The molecule has 3 heteroatoms. The van der Waals surface area contributed by atoms with E-state index in [1.54, 1.807) is 0 Å². The molecule has 1 N–H and O–H groups in total. The highest BCUT2D eigenvalue weighted by molar-refractivity contribution is 6.30. The molecule has 1 aliphatic heterocycles. The molecule has 0 aromatic heterocycles. The van der Waals surface area contributed by atoms with E-state index >= 15 is 0 Å². The number of benzene rings is 1. The van der Waals surface area contributed by atoms with Gasteiger partial charge in [0.1, 0.15) is 0 Å². The molecule has 1 fully saturated rings. The molecule has 1 heterocycles. The lowest BCUT2D eigenvalue weighted by atomic mass is 9.97. The van der Waals surface area contributed by atoms with Crippen molar-refractivity contribution in [3.8, 4) is 0 Å². The van der Waals surface area contributed by atoms with Gasteiger partial charge in [0, 0.05) is 23.7 Å². The molecular formula is C10H12ClNO. The average molecular weight is 198 g/mol. The Morgan fingerprint density at radius 3 is 2.69 bits per heavy atom. The highest BCUT2D eigenvalue weighted by atomic mass is 35.5. The largest absolute Gasteiger partial charge is 0.388 e. The maximum atomic E-state index is 5.97. The summed E-state index contributed by atoms with van der Waals surface area (Å²) in [6, 6.07) is 6.05. The fraction of sp³-hybridized carbons (Fsp3) is 0.400. The molecule has 0 amide bonds. The average Bonchev–Trinajstić information content (AvgIpc) is 2.00. The summed E-state index contributed by atoms with van der Waals surface area (Å²) in [7, 11) is 1.90. The first-order valence-corrected chi connectivity index (χ1v) is 4.73. The van der Waals surface area contributed by atoms with Gasteiger partial charge in [0.15, 0.2) is 0 Å². The summed E-state index contributed by atoms with van der Waals surface area (Å²) in [5.74, 6) is 0.533. The molecule has 1 saturated heterocycles. The van der Waals surface area contributed by atoms with Gasteiger partial charge < -0.3 is 10.1 Å². The topological polar surface area (TPSA) is 21.3 Å². The number of ether oxygens (including phenoxy) is 1. The maximum absolute atomic E-state index is 5.97. The van der Waals surface area contributed by atoms with Crippen LogP contribution in [0.1, 0.15) is 11.5 Å². The number of nitrogens with one attached hydrogen (secondary N) is 1. The number of anilines is 1. The second kappa shape index (κ2) is 3.56. The van der Waals surface area contributed by atoms with Crippen LogP contribution in [0.2, 0.25) is 5.02 Å². The molecule has 2 nitrogen and oxygen atoms in total. The van der Waals surface area contributed by atoms with Gasteiger partial charge in [0.25, 0.3) is 0 Å². The van der Waals surface area contributed by atoms with Gasteiger partial charge in [-0.15, -0.1) is 0 Å². The molecule has 13 heavy (non-hydrogen) atoms. The van der Waals surface area contributed by atoms with Crippen molar-refractivity contribution in [3.63, 3.8) is 0 Å². The highest BCUT2D eigenvalue weighted by Gasteiger charge is 2.20. The minimum absolute atomic E-state index is 0.533. The lowest BCUT2D eigenvalue weighted by molar-refractivity contribution is 0.00845. The van der Waals surface area contributed by atoms with Crippen LogP contribution in [0.15, 0.2) is 18.2 Å². The van der Waals surface area contributed by atoms with E-state index in [1.807, 2.05) is 19.2 Å². The van der Waals surface area contributed by atoms with Crippen molar-refractivity contribution in [3.05, 3.63) is 28.8 Å². The molecular weight excluding hydrogens is 186 g/mol. The van der Waals surface area contributed by atoms with Crippen LogP contribution < -0.4 is 5.32 Å². The van der Waals surface area contributed by atoms with Gasteiger partial charge in [-0.2, -0.15) is 0 Å². The quantitative estimate of drug-likeness (QED) is 0.787. The predicted molar refractivity (Wildman–Crippen MR) is 54.6 cm³/mol. The number of hydrogen-bond acceptors (Lipinski definition) is 2. The lowest BCUT2D eigenvalue weighted by Gasteiger charge is -2.26. The van der Waals surface area contributed by atoms with Crippen molar-refractivity contribution in [2.75, 3.05) is 25.6 Å². The van der Waals surface area contributed by atoms with E-state index in [-0.39, 0.29) is 0 Å². The molecule has 70 valence electrons. The third-order valence-corrected chi connectivity index (χ3v) is 2.54.